The van der Waals surface area contributed by atoms with E-state index >= 15 is 0 Å². The molecule has 4 heteroatoms. The summed E-state index contributed by atoms with van der Waals surface area (Å²) in [7, 11) is 3.66. The van der Waals surface area contributed by atoms with Gasteiger partial charge in [-0.15, -0.1) is 0 Å². The minimum Gasteiger partial charge on any atom is -0.383 e. The van der Waals surface area contributed by atoms with Crippen molar-refractivity contribution in [2.24, 2.45) is 29.6 Å². The zero-order valence-electron chi connectivity index (χ0n) is 12.6. The second-order valence-corrected chi connectivity index (χ2v) is 8.52. The number of halogens is 1. The maximum Gasteiger partial charge on any atom is 0.226 e. The van der Waals surface area contributed by atoms with Crippen LogP contribution in [-0.2, 0) is 9.53 Å². The van der Waals surface area contributed by atoms with Crippen molar-refractivity contribution < 1.29 is 9.53 Å². The van der Waals surface area contributed by atoms with Crippen molar-refractivity contribution in [1.82, 2.24) is 4.90 Å². The summed E-state index contributed by atoms with van der Waals surface area (Å²) in [5.41, 5.74) is 0. The number of hydrogen-bond acceptors (Lipinski definition) is 2. The lowest BCUT2D eigenvalue weighted by Crippen LogP contribution is -2.52. The van der Waals surface area contributed by atoms with E-state index < -0.39 is 0 Å². The Bertz CT molecular complexity index is 345. The van der Waals surface area contributed by atoms with Crippen molar-refractivity contribution in [3.8, 4) is 0 Å². The average molecular weight is 344 g/mol. The van der Waals surface area contributed by atoms with E-state index in [1.165, 1.54) is 32.1 Å². The molecule has 4 aliphatic carbocycles. The standard InChI is InChI=1S/C16H26BrNO2/c1-18(8-14(17)9-20-2)16(19)15-12-4-10-3-11(6-12)7-13(15)5-10/h10-15H,3-9H2,1-2H3. The first-order valence-corrected chi connectivity index (χ1v) is 8.88. The van der Waals surface area contributed by atoms with Crippen LogP contribution in [0.3, 0.4) is 0 Å². The van der Waals surface area contributed by atoms with Gasteiger partial charge in [0.2, 0.25) is 5.91 Å². The number of hydrogen-bond donors (Lipinski definition) is 0. The van der Waals surface area contributed by atoms with E-state index in [9.17, 15) is 4.79 Å². The Kier molecular flexibility index (Phi) is 4.42. The molecule has 4 rings (SSSR count). The molecule has 4 bridgehead atoms. The molecule has 0 spiro atoms. The SMILES string of the molecule is COCC(Br)CN(C)C(=O)C1C2CC3CC(C2)CC1C3. The molecule has 0 heterocycles. The molecule has 20 heavy (non-hydrogen) atoms. The van der Waals surface area contributed by atoms with E-state index in [4.69, 9.17) is 4.74 Å². The molecule has 4 fully saturated rings. The summed E-state index contributed by atoms with van der Waals surface area (Å²) in [5.74, 6) is 3.93. The minimum atomic E-state index is 0.235. The first kappa shape index (κ1) is 14.8. The summed E-state index contributed by atoms with van der Waals surface area (Å²) in [6.45, 7) is 1.40. The molecule has 0 aromatic carbocycles. The Hall–Kier alpha value is -0.0900. The fraction of sp³-hybridized carbons (Fsp3) is 0.938. The molecule has 114 valence electrons. The van der Waals surface area contributed by atoms with Gasteiger partial charge in [0.1, 0.15) is 0 Å². The molecule has 0 saturated heterocycles. The third kappa shape index (κ3) is 2.78. The second kappa shape index (κ2) is 5.96. The molecule has 3 nitrogen and oxygen atoms in total. The lowest BCUT2D eigenvalue weighted by atomic mass is 9.51. The van der Waals surface area contributed by atoms with Crippen LogP contribution in [0.25, 0.3) is 0 Å². The van der Waals surface area contributed by atoms with Gasteiger partial charge in [0.15, 0.2) is 0 Å². The highest BCUT2D eigenvalue weighted by Gasteiger charge is 2.51. The summed E-state index contributed by atoms with van der Waals surface area (Å²) < 4.78 is 5.14. The molecular formula is C16H26BrNO2. The van der Waals surface area contributed by atoms with E-state index in [2.05, 4.69) is 15.9 Å². The monoisotopic (exact) mass is 343 g/mol. The van der Waals surface area contributed by atoms with E-state index in [-0.39, 0.29) is 4.83 Å². The predicted octanol–water partition coefficient (Wildman–Crippen LogP) is 2.93. The van der Waals surface area contributed by atoms with E-state index in [0.29, 0.717) is 30.3 Å². The largest absolute Gasteiger partial charge is 0.383 e. The van der Waals surface area contributed by atoms with Crippen LogP contribution in [0.4, 0.5) is 0 Å². The molecule has 0 N–H and O–H groups in total. The molecule has 0 aromatic heterocycles. The number of rotatable bonds is 5. The molecule has 1 amide bonds. The Labute approximate surface area is 130 Å². The lowest BCUT2D eigenvalue weighted by molar-refractivity contribution is -0.147. The van der Waals surface area contributed by atoms with Crippen molar-refractivity contribution in [2.45, 2.75) is 36.9 Å². The summed E-state index contributed by atoms with van der Waals surface area (Å²) >= 11 is 3.59. The van der Waals surface area contributed by atoms with E-state index in [0.717, 1.165) is 18.4 Å². The Morgan fingerprint density at radius 3 is 2.25 bits per heavy atom. The minimum absolute atomic E-state index is 0.235. The third-order valence-electron chi connectivity index (χ3n) is 5.71. The molecule has 1 unspecified atom stereocenters. The maximum atomic E-state index is 12.8. The van der Waals surface area contributed by atoms with Gasteiger partial charge in [0.05, 0.1) is 11.4 Å². The topological polar surface area (TPSA) is 29.5 Å². The number of methoxy groups -OCH3 is 1. The van der Waals surface area contributed by atoms with Crippen molar-refractivity contribution in [3.63, 3.8) is 0 Å². The fourth-order valence-electron chi connectivity index (χ4n) is 5.20. The van der Waals surface area contributed by atoms with Crippen LogP contribution in [0.2, 0.25) is 0 Å². The Morgan fingerprint density at radius 2 is 1.75 bits per heavy atom. The van der Waals surface area contributed by atoms with E-state index in [1.807, 2.05) is 11.9 Å². The average Bonchev–Trinajstić information content (AvgIpc) is 2.37. The summed E-state index contributed by atoms with van der Waals surface area (Å²) in [4.78, 5) is 15.0. The molecule has 0 aliphatic heterocycles. The van der Waals surface area contributed by atoms with Crippen molar-refractivity contribution >= 4 is 21.8 Å². The first-order chi connectivity index (χ1) is 9.58. The van der Waals surface area contributed by atoms with Crippen LogP contribution in [0.15, 0.2) is 0 Å². The maximum absolute atomic E-state index is 12.8. The van der Waals surface area contributed by atoms with Gasteiger partial charge < -0.3 is 9.64 Å². The van der Waals surface area contributed by atoms with Crippen molar-refractivity contribution in [2.75, 3.05) is 27.3 Å². The quantitative estimate of drug-likeness (QED) is 0.718. The van der Waals surface area contributed by atoms with Crippen LogP contribution in [0.1, 0.15) is 32.1 Å². The third-order valence-corrected chi connectivity index (χ3v) is 6.26. The van der Waals surface area contributed by atoms with Crippen molar-refractivity contribution in [3.05, 3.63) is 0 Å². The number of carbonyl (C=O) groups excluding carboxylic acids is 1. The number of carbonyl (C=O) groups is 1. The Balaban J connectivity index is 1.62. The highest BCUT2D eigenvalue weighted by molar-refractivity contribution is 9.09. The zero-order chi connectivity index (χ0) is 14.3. The molecule has 1 atom stereocenters. The first-order valence-electron chi connectivity index (χ1n) is 7.96. The number of nitrogens with zero attached hydrogens (tertiary/aromatic N) is 1. The number of alkyl halides is 1. The molecule has 0 aromatic rings. The van der Waals surface area contributed by atoms with E-state index in [1.54, 1.807) is 7.11 Å². The fourth-order valence-corrected chi connectivity index (χ4v) is 5.90. The van der Waals surface area contributed by atoms with Gasteiger partial charge in [-0.1, -0.05) is 15.9 Å². The van der Waals surface area contributed by atoms with Crippen LogP contribution >= 0.6 is 15.9 Å². The summed E-state index contributed by atoms with van der Waals surface area (Å²) in [6.07, 6.45) is 6.70. The highest BCUT2D eigenvalue weighted by atomic mass is 79.9. The molecule has 4 aliphatic rings. The smallest absolute Gasteiger partial charge is 0.226 e. The zero-order valence-corrected chi connectivity index (χ0v) is 14.1. The molecular weight excluding hydrogens is 318 g/mol. The predicted molar refractivity (Wildman–Crippen MR) is 82.8 cm³/mol. The number of amides is 1. The van der Waals surface area contributed by atoms with Crippen LogP contribution < -0.4 is 0 Å². The van der Waals surface area contributed by atoms with Crippen LogP contribution in [0.5, 0.6) is 0 Å². The van der Waals surface area contributed by atoms with Gasteiger partial charge in [0, 0.05) is 26.6 Å². The lowest BCUT2D eigenvalue weighted by Gasteiger charge is -2.54. The van der Waals surface area contributed by atoms with Gasteiger partial charge >= 0.3 is 0 Å². The Morgan fingerprint density at radius 1 is 1.20 bits per heavy atom. The summed E-state index contributed by atoms with van der Waals surface area (Å²) in [5, 5.41) is 0. The normalized spacial score (nSPS) is 39.9. The second-order valence-electron chi connectivity index (χ2n) is 7.23. The van der Waals surface area contributed by atoms with Crippen LogP contribution in [-0.4, -0.2) is 42.9 Å². The number of ether oxygens (including phenoxy) is 1. The van der Waals surface area contributed by atoms with Gasteiger partial charge in [-0.25, -0.2) is 0 Å². The van der Waals surface area contributed by atoms with Gasteiger partial charge in [-0.2, -0.15) is 0 Å². The molecule has 4 saturated carbocycles. The highest BCUT2D eigenvalue weighted by Crippen LogP contribution is 2.56. The molecule has 0 radical (unpaired) electrons. The van der Waals surface area contributed by atoms with Crippen molar-refractivity contribution in [1.29, 1.82) is 0 Å². The van der Waals surface area contributed by atoms with Gasteiger partial charge in [-0.3, -0.25) is 4.79 Å². The summed E-state index contributed by atoms with van der Waals surface area (Å²) in [6, 6.07) is 0. The van der Waals surface area contributed by atoms with Gasteiger partial charge in [-0.05, 0) is 55.8 Å². The van der Waals surface area contributed by atoms with Crippen LogP contribution in [0, 0.1) is 29.6 Å². The van der Waals surface area contributed by atoms with Gasteiger partial charge in [0.25, 0.3) is 0 Å².